The first-order valence-electron chi connectivity index (χ1n) is 6.84. The summed E-state index contributed by atoms with van der Waals surface area (Å²) in [6, 6.07) is 5.72. The summed E-state index contributed by atoms with van der Waals surface area (Å²) in [7, 11) is 0. The second kappa shape index (κ2) is 6.02. The lowest BCUT2D eigenvalue weighted by Gasteiger charge is -2.00. The number of benzene rings is 1. The molecule has 0 unspecified atom stereocenters. The molecule has 1 aromatic heterocycles. The molecule has 1 aromatic carbocycles. The van der Waals surface area contributed by atoms with Gasteiger partial charge in [-0.05, 0) is 31.5 Å². The van der Waals surface area contributed by atoms with Gasteiger partial charge in [0.2, 0.25) is 0 Å². The molecule has 1 fully saturated rings. The maximum absolute atomic E-state index is 6.10. The highest BCUT2D eigenvalue weighted by Crippen LogP contribution is 2.44. The maximum Gasteiger partial charge on any atom is 0.123 e. The predicted molar refractivity (Wildman–Crippen MR) is 86.9 cm³/mol. The second-order valence-electron chi connectivity index (χ2n) is 5.01. The fourth-order valence-electron chi connectivity index (χ4n) is 2.16. The van der Waals surface area contributed by atoms with E-state index in [0.717, 1.165) is 23.7 Å². The van der Waals surface area contributed by atoms with Crippen LogP contribution in [0.1, 0.15) is 36.3 Å². The van der Waals surface area contributed by atoms with Gasteiger partial charge in [-0.15, -0.1) is 11.3 Å². The Morgan fingerprint density at radius 1 is 1.30 bits per heavy atom. The molecule has 1 aliphatic carbocycles. The van der Waals surface area contributed by atoms with Gasteiger partial charge >= 0.3 is 0 Å². The van der Waals surface area contributed by atoms with Gasteiger partial charge in [-0.25, -0.2) is 4.98 Å². The average molecular weight is 327 g/mol. The summed E-state index contributed by atoms with van der Waals surface area (Å²) in [5, 5.41) is 5.61. The molecule has 5 heteroatoms. The number of aromatic nitrogens is 1. The minimum absolute atomic E-state index is 0.584. The van der Waals surface area contributed by atoms with Crippen LogP contribution in [0.5, 0.6) is 0 Å². The van der Waals surface area contributed by atoms with Crippen molar-refractivity contribution >= 4 is 34.5 Å². The summed E-state index contributed by atoms with van der Waals surface area (Å²) in [5.41, 5.74) is 2.33. The first-order chi connectivity index (χ1) is 9.69. The summed E-state index contributed by atoms with van der Waals surface area (Å²) in [6.45, 7) is 4.00. The maximum atomic E-state index is 6.10. The molecule has 1 N–H and O–H groups in total. The third kappa shape index (κ3) is 3.01. The van der Waals surface area contributed by atoms with E-state index >= 15 is 0 Å². The van der Waals surface area contributed by atoms with Crippen molar-refractivity contribution in [3.63, 3.8) is 0 Å². The van der Waals surface area contributed by atoms with Crippen LogP contribution in [0, 0.1) is 0 Å². The molecule has 0 amide bonds. The second-order valence-corrected chi connectivity index (χ2v) is 6.91. The molecule has 1 saturated carbocycles. The zero-order valence-electron chi connectivity index (χ0n) is 11.2. The van der Waals surface area contributed by atoms with Crippen LogP contribution in [0.2, 0.25) is 10.0 Å². The Balaban J connectivity index is 1.94. The molecule has 3 rings (SSSR count). The minimum atomic E-state index is 0.584. The van der Waals surface area contributed by atoms with Gasteiger partial charge in [0.25, 0.3) is 0 Å². The molecule has 0 spiro atoms. The lowest BCUT2D eigenvalue weighted by Crippen LogP contribution is -2.11. The number of hydrogen-bond acceptors (Lipinski definition) is 3. The number of rotatable bonds is 5. The van der Waals surface area contributed by atoms with Gasteiger partial charge in [-0.2, -0.15) is 0 Å². The van der Waals surface area contributed by atoms with Crippen molar-refractivity contribution in [3.05, 3.63) is 38.8 Å². The van der Waals surface area contributed by atoms with Crippen LogP contribution in [0.3, 0.4) is 0 Å². The number of hydrogen-bond donors (Lipinski definition) is 1. The van der Waals surface area contributed by atoms with E-state index in [4.69, 9.17) is 28.2 Å². The van der Waals surface area contributed by atoms with E-state index in [1.165, 1.54) is 23.4 Å². The Morgan fingerprint density at radius 3 is 2.75 bits per heavy atom. The van der Waals surface area contributed by atoms with E-state index in [2.05, 4.69) is 12.2 Å². The summed E-state index contributed by atoms with van der Waals surface area (Å²) in [6.07, 6.45) is 2.54. The lowest BCUT2D eigenvalue weighted by atomic mass is 10.2. The largest absolute Gasteiger partial charge is 0.312 e. The molecular weight excluding hydrogens is 311 g/mol. The molecular formula is C15H16Cl2N2S. The Morgan fingerprint density at radius 2 is 2.10 bits per heavy atom. The quantitative estimate of drug-likeness (QED) is 0.826. The smallest absolute Gasteiger partial charge is 0.123 e. The number of nitrogens with one attached hydrogen (secondary N) is 1. The normalized spacial score (nSPS) is 14.8. The van der Waals surface area contributed by atoms with Crippen LogP contribution in [0.25, 0.3) is 10.6 Å². The van der Waals surface area contributed by atoms with Crippen molar-refractivity contribution < 1.29 is 0 Å². The van der Waals surface area contributed by atoms with Gasteiger partial charge < -0.3 is 5.32 Å². The first-order valence-corrected chi connectivity index (χ1v) is 8.42. The molecule has 106 valence electrons. The van der Waals surface area contributed by atoms with Gasteiger partial charge in [0.05, 0.1) is 15.7 Å². The standard InChI is InChI=1S/C15H16Cl2N2S/c1-2-18-8-13-14(9-3-4-9)19-15(20-13)10-5-6-11(16)12(17)7-10/h5-7,9,18H,2-4,8H2,1H3. The monoisotopic (exact) mass is 326 g/mol. The van der Waals surface area contributed by atoms with Crippen molar-refractivity contribution in [1.82, 2.24) is 10.3 Å². The SMILES string of the molecule is CCNCc1sc(-c2ccc(Cl)c(Cl)c2)nc1C1CC1. The van der Waals surface area contributed by atoms with E-state index in [1.54, 1.807) is 11.3 Å². The fourth-order valence-corrected chi connectivity index (χ4v) is 3.57. The van der Waals surface area contributed by atoms with Gasteiger partial charge in [0.1, 0.15) is 5.01 Å². The third-order valence-corrected chi connectivity index (χ3v) is 5.25. The Labute approximate surface area is 133 Å². The van der Waals surface area contributed by atoms with Gasteiger partial charge in [0, 0.05) is 22.9 Å². The molecule has 0 atom stereocenters. The van der Waals surface area contributed by atoms with Gasteiger partial charge in [-0.1, -0.05) is 36.2 Å². The van der Waals surface area contributed by atoms with Crippen molar-refractivity contribution in [2.24, 2.45) is 0 Å². The number of halogens is 2. The van der Waals surface area contributed by atoms with Crippen LogP contribution < -0.4 is 5.32 Å². The molecule has 1 heterocycles. The van der Waals surface area contributed by atoms with Crippen molar-refractivity contribution in [2.45, 2.75) is 32.2 Å². The van der Waals surface area contributed by atoms with Crippen molar-refractivity contribution in [3.8, 4) is 10.6 Å². The summed E-state index contributed by atoms with van der Waals surface area (Å²) in [5.74, 6) is 0.663. The molecule has 2 nitrogen and oxygen atoms in total. The van der Waals surface area contributed by atoms with Crippen LogP contribution in [0.4, 0.5) is 0 Å². The van der Waals surface area contributed by atoms with E-state index in [9.17, 15) is 0 Å². The average Bonchev–Trinajstić information content (AvgIpc) is 3.20. The fraction of sp³-hybridized carbons (Fsp3) is 0.400. The first kappa shape index (κ1) is 14.3. The Bertz CT molecular complexity index is 620. The van der Waals surface area contributed by atoms with Crippen LogP contribution in [-0.2, 0) is 6.54 Å². The van der Waals surface area contributed by atoms with E-state index in [0.29, 0.717) is 16.0 Å². The van der Waals surface area contributed by atoms with E-state index in [1.807, 2.05) is 18.2 Å². The molecule has 0 aliphatic heterocycles. The highest BCUT2D eigenvalue weighted by Gasteiger charge is 2.29. The van der Waals surface area contributed by atoms with E-state index < -0.39 is 0 Å². The van der Waals surface area contributed by atoms with Crippen molar-refractivity contribution in [1.29, 1.82) is 0 Å². The topological polar surface area (TPSA) is 24.9 Å². The zero-order chi connectivity index (χ0) is 14.1. The highest BCUT2D eigenvalue weighted by molar-refractivity contribution is 7.15. The predicted octanol–water partition coefficient (Wildman–Crippen LogP) is 5.10. The summed E-state index contributed by atoms with van der Waals surface area (Å²) < 4.78 is 0. The lowest BCUT2D eigenvalue weighted by molar-refractivity contribution is 0.727. The summed E-state index contributed by atoms with van der Waals surface area (Å²) in [4.78, 5) is 6.20. The Kier molecular flexibility index (Phi) is 4.32. The molecule has 0 radical (unpaired) electrons. The van der Waals surface area contributed by atoms with Crippen LogP contribution in [-0.4, -0.2) is 11.5 Å². The molecule has 0 saturated heterocycles. The van der Waals surface area contributed by atoms with Crippen molar-refractivity contribution in [2.75, 3.05) is 6.54 Å². The summed E-state index contributed by atoms with van der Waals surface area (Å²) >= 11 is 13.8. The highest BCUT2D eigenvalue weighted by atomic mass is 35.5. The zero-order valence-corrected chi connectivity index (χ0v) is 13.6. The third-order valence-electron chi connectivity index (χ3n) is 3.39. The van der Waals surface area contributed by atoms with Gasteiger partial charge in [0.15, 0.2) is 0 Å². The molecule has 0 bridgehead atoms. The minimum Gasteiger partial charge on any atom is -0.312 e. The molecule has 20 heavy (non-hydrogen) atoms. The number of thiazole rings is 1. The molecule has 1 aliphatic rings. The Hall–Kier alpha value is -0.610. The van der Waals surface area contributed by atoms with E-state index in [-0.39, 0.29) is 0 Å². The number of nitrogens with zero attached hydrogens (tertiary/aromatic N) is 1. The van der Waals surface area contributed by atoms with Gasteiger partial charge in [-0.3, -0.25) is 0 Å². The molecule has 2 aromatic rings. The van der Waals surface area contributed by atoms with Crippen LogP contribution in [0.15, 0.2) is 18.2 Å². The van der Waals surface area contributed by atoms with Crippen LogP contribution >= 0.6 is 34.5 Å².